The zero-order valence-corrected chi connectivity index (χ0v) is 10.7. The van der Waals surface area contributed by atoms with Gasteiger partial charge >= 0.3 is 0 Å². The van der Waals surface area contributed by atoms with Crippen molar-refractivity contribution >= 4 is 17.5 Å². The summed E-state index contributed by atoms with van der Waals surface area (Å²) in [5, 5.41) is 11.9. The van der Waals surface area contributed by atoms with Gasteiger partial charge in [-0.3, -0.25) is 4.79 Å². The predicted octanol–water partition coefficient (Wildman–Crippen LogP) is 2.69. The first-order chi connectivity index (χ1) is 7.94. The van der Waals surface area contributed by atoms with E-state index < -0.39 is 5.54 Å². The number of nitriles is 1. The third-order valence-corrected chi connectivity index (χ3v) is 2.68. The highest BCUT2D eigenvalue weighted by Crippen LogP contribution is 2.20. The molecule has 0 aliphatic heterocycles. The minimum absolute atomic E-state index is 0.119. The molecule has 0 spiro atoms. The SMILES string of the molecule is CC(C)(Cc1ccccc1Cl)NC(=O)CC#N. The Kier molecular flexibility index (Phi) is 4.53. The first-order valence-corrected chi connectivity index (χ1v) is 5.74. The van der Waals surface area contributed by atoms with Crippen LogP contribution < -0.4 is 5.32 Å². The Morgan fingerprint density at radius 1 is 1.47 bits per heavy atom. The number of rotatable bonds is 4. The predicted molar refractivity (Wildman–Crippen MR) is 67.6 cm³/mol. The van der Waals surface area contributed by atoms with Gasteiger partial charge in [0.25, 0.3) is 0 Å². The summed E-state index contributed by atoms with van der Waals surface area (Å²) in [6, 6.07) is 9.36. The van der Waals surface area contributed by atoms with Crippen molar-refractivity contribution in [3.05, 3.63) is 34.9 Å². The van der Waals surface area contributed by atoms with E-state index in [9.17, 15) is 4.79 Å². The molecule has 0 fully saturated rings. The fraction of sp³-hybridized carbons (Fsp3) is 0.385. The molecule has 90 valence electrons. The molecule has 0 heterocycles. The highest BCUT2D eigenvalue weighted by molar-refractivity contribution is 6.31. The molecule has 0 aliphatic carbocycles. The van der Waals surface area contributed by atoms with Gasteiger partial charge in [0.2, 0.25) is 5.91 Å². The number of halogens is 1. The molecule has 3 nitrogen and oxygen atoms in total. The van der Waals surface area contributed by atoms with Gasteiger partial charge < -0.3 is 5.32 Å². The van der Waals surface area contributed by atoms with Crippen LogP contribution in [0, 0.1) is 11.3 Å². The second kappa shape index (κ2) is 5.70. The van der Waals surface area contributed by atoms with Crippen LogP contribution in [0.1, 0.15) is 25.8 Å². The van der Waals surface area contributed by atoms with Crippen molar-refractivity contribution in [2.24, 2.45) is 0 Å². The van der Waals surface area contributed by atoms with Crippen molar-refractivity contribution < 1.29 is 4.79 Å². The average molecular weight is 251 g/mol. The summed E-state index contributed by atoms with van der Waals surface area (Å²) >= 11 is 6.06. The topological polar surface area (TPSA) is 52.9 Å². The van der Waals surface area contributed by atoms with E-state index in [4.69, 9.17) is 16.9 Å². The Bertz CT molecular complexity index is 449. The Labute approximate surface area is 106 Å². The highest BCUT2D eigenvalue weighted by Gasteiger charge is 2.21. The fourth-order valence-electron chi connectivity index (χ4n) is 1.66. The van der Waals surface area contributed by atoms with Crippen LogP contribution in [0.3, 0.4) is 0 Å². The monoisotopic (exact) mass is 250 g/mol. The molecule has 0 aliphatic rings. The molecule has 1 aromatic rings. The molecule has 17 heavy (non-hydrogen) atoms. The fourth-order valence-corrected chi connectivity index (χ4v) is 1.86. The summed E-state index contributed by atoms with van der Waals surface area (Å²) in [4.78, 5) is 11.4. The number of amides is 1. The highest BCUT2D eigenvalue weighted by atomic mass is 35.5. The number of carbonyl (C=O) groups is 1. The van der Waals surface area contributed by atoms with Crippen molar-refractivity contribution in [1.82, 2.24) is 5.32 Å². The lowest BCUT2D eigenvalue weighted by Crippen LogP contribution is -2.45. The van der Waals surface area contributed by atoms with E-state index in [1.165, 1.54) is 0 Å². The van der Waals surface area contributed by atoms with E-state index in [-0.39, 0.29) is 12.3 Å². The van der Waals surface area contributed by atoms with Crippen LogP contribution in [0.15, 0.2) is 24.3 Å². The van der Waals surface area contributed by atoms with Crippen molar-refractivity contribution in [2.45, 2.75) is 32.2 Å². The van der Waals surface area contributed by atoms with Gasteiger partial charge in [0.05, 0.1) is 6.07 Å². The Morgan fingerprint density at radius 3 is 2.71 bits per heavy atom. The summed E-state index contributed by atoms with van der Waals surface area (Å²) < 4.78 is 0. The lowest BCUT2D eigenvalue weighted by molar-refractivity contribution is -0.121. The summed E-state index contributed by atoms with van der Waals surface area (Å²) in [7, 11) is 0. The minimum atomic E-state index is -0.418. The summed E-state index contributed by atoms with van der Waals surface area (Å²) in [6.45, 7) is 3.82. The summed E-state index contributed by atoms with van der Waals surface area (Å²) in [6.07, 6.45) is 0.510. The van der Waals surface area contributed by atoms with Crippen molar-refractivity contribution in [2.75, 3.05) is 0 Å². The maximum atomic E-state index is 11.4. The van der Waals surface area contributed by atoms with E-state index in [1.54, 1.807) is 0 Å². The average Bonchev–Trinajstić information content (AvgIpc) is 2.20. The first kappa shape index (κ1) is 13.5. The summed E-state index contributed by atoms with van der Waals surface area (Å²) in [5.41, 5.74) is 0.565. The normalized spacial score (nSPS) is 10.7. The van der Waals surface area contributed by atoms with E-state index in [1.807, 2.05) is 44.2 Å². The van der Waals surface area contributed by atoms with Gasteiger partial charge in [0.1, 0.15) is 6.42 Å². The summed E-state index contributed by atoms with van der Waals surface area (Å²) in [5.74, 6) is -0.260. The van der Waals surface area contributed by atoms with Gasteiger partial charge in [0, 0.05) is 10.6 Å². The van der Waals surface area contributed by atoms with Crippen LogP contribution in [0.4, 0.5) is 0 Å². The molecular formula is C13H15ClN2O. The molecule has 1 rings (SSSR count). The van der Waals surface area contributed by atoms with Gasteiger partial charge in [-0.25, -0.2) is 0 Å². The van der Waals surface area contributed by atoms with Gasteiger partial charge in [-0.2, -0.15) is 5.26 Å². The number of carbonyl (C=O) groups excluding carboxylic acids is 1. The third-order valence-electron chi connectivity index (χ3n) is 2.31. The smallest absolute Gasteiger partial charge is 0.234 e. The molecule has 0 bridgehead atoms. The van der Waals surface area contributed by atoms with Crippen LogP contribution in [0.25, 0.3) is 0 Å². The Morgan fingerprint density at radius 2 is 2.12 bits per heavy atom. The van der Waals surface area contributed by atoms with Crippen LogP contribution in [0.2, 0.25) is 5.02 Å². The molecular weight excluding hydrogens is 236 g/mol. The maximum absolute atomic E-state index is 11.4. The number of nitrogens with one attached hydrogen (secondary N) is 1. The minimum Gasteiger partial charge on any atom is -0.350 e. The number of hydrogen-bond donors (Lipinski definition) is 1. The van der Waals surface area contributed by atoms with Crippen LogP contribution >= 0.6 is 11.6 Å². The van der Waals surface area contributed by atoms with E-state index in [0.29, 0.717) is 11.4 Å². The van der Waals surface area contributed by atoms with Crippen molar-refractivity contribution in [3.63, 3.8) is 0 Å². The van der Waals surface area contributed by atoms with Gasteiger partial charge in [-0.15, -0.1) is 0 Å². The molecule has 1 amide bonds. The van der Waals surface area contributed by atoms with Crippen LogP contribution in [-0.2, 0) is 11.2 Å². The van der Waals surface area contributed by atoms with Gasteiger partial charge in [-0.1, -0.05) is 29.8 Å². The molecule has 1 N–H and O–H groups in total. The lowest BCUT2D eigenvalue weighted by Gasteiger charge is -2.26. The van der Waals surface area contributed by atoms with Crippen LogP contribution in [0.5, 0.6) is 0 Å². The standard InChI is InChI=1S/C13H15ClN2O/c1-13(2,16-12(17)7-8-15)9-10-5-3-4-6-11(10)14/h3-6H,7,9H2,1-2H3,(H,16,17). The Hall–Kier alpha value is -1.53. The number of hydrogen-bond acceptors (Lipinski definition) is 2. The molecule has 0 radical (unpaired) electrons. The molecule has 0 unspecified atom stereocenters. The van der Waals surface area contributed by atoms with Gasteiger partial charge in [-0.05, 0) is 31.9 Å². The first-order valence-electron chi connectivity index (χ1n) is 5.36. The molecule has 0 aromatic heterocycles. The third kappa shape index (κ3) is 4.46. The zero-order chi connectivity index (χ0) is 12.9. The molecule has 0 saturated heterocycles. The van der Waals surface area contributed by atoms with Gasteiger partial charge in [0.15, 0.2) is 0 Å². The largest absolute Gasteiger partial charge is 0.350 e. The zero-order valence-electron chi connectivity index (χ0n) is 9.96. The second-order valence-corrected chi connectivity index (χ2v) is 4.94. The van der Waals surface area contributed by atoms with E-state index >= 15 is 0 Å². The number of benzene rings is 1. The second-order valence-electron chi connectivity index (χ2n) is 4.54. The Balaban J connectivity index is 2.70. The molecule has 4 heteroatoms. The molecule has 0 atom stereocenters. The van der Waals surface area contributed by atoms with E-state index in [2.05, 4.69) is 5.32 Å². The molecule has 0 saturated carbocycles. The van der Waals surface area contributed by atoms with Crippen molar-refractivity contribution in [3.8, 4) is 6.07 Å². The van der Waals surface area contributed by atoms with Crippen molar-refractivity contribution in [1.29, 1.82) is 5.26 Å². The van der Waals surface area contributed by atoms with Crippen LogP contribution in [-0.4, -0.2) is 11.4 Å². The quantitative estimate of drug-likeness (QED) is 0.893. The van der Waals surface area contributed by atoms with E-state index in [0.717, 1.165) is 5.56 Å². The maximum Gasteiger partial charge on any atom is 0.234 e. The molecule has 1 aromatic carbocycles. The lowest BCUT2D eigenvalue weighted by atomic mass is 9.94. The number of nitrogens with zero attached hydrogens (tertiary/aromatic N) is 1.